The molecule has 29 heavy (non-hydrogen) atoms. The number of carbonyl (C=O) groups excluding carboxylic acids is 1. The van der Waals surface area contributed by atoms with E-state index in [9.17, 15) is 9.18 Å². The summed E-state index contributed by atoms with van der Waals surface area (Å²) in [6.45, 7) is 4.88. The van der Waals surface area contributed by atoms with Crippen molar-refractivity contribution in [1.82, 2.24) is 10.6 Å². The van der Waals surface area contributed by atoms with Crippen molar-refractivity contribution in [2.24, 2.45) is 4.99 Å². The number of anilines is 1. The zero-order chi connectivity index (χ0) is 19.8. The monoisotopic (exact) mass is 510 g/mol. The van der Waals surface area contributed by atoms with Crippen molar-refractivity contribution in [2.45, 2.75) is 32.7 Å². The van der Waals surface area contributed by atoms with Crippen molar-refractivity contribution in [1.29, 1.82) is 0 Å². The van der Waals surface area contributed by atoms with Crippen molar-refractivity contribution in [3.05, 3.63) is 65.5 Å². The Bertz CT molecular complexity index is 809. The van der Waals surface area contributed by atoms with E-state index in [4.69, 9.17) is 0 Å². The van der Waals surface area contributed by atoms with Gasteiger partial charge in [-0.25, -0.2) is 9.38 Å². The first-order chi connectivity index (χ1) is 13.7. The van der Waals surface area contributed by atoms with Gasteiger partial charge in [0.1, 0.15) is 5.82 Å². The van der Waals surface area contributed by atoms with Crippen LogP contribution in [0.15, 0.2) is 53.5 Å². The van der Waals surface area contributed by atoms with E-state index >= 15 is 0 Å². The number of nitrogens with zero attached hydrogens (tertiary/aromatic N) is 2. The summed E-state index contributed by atoms with van der Waals surface area (Å²) in [5, 5.41) is 6.54. The first-order valence-corrected chi connectivity index (χ1v) is 9.81. The van der Waals surface area contributed by atoms with Crippen molar-refractivity contribution < 1.29 is 9.18 Å². The highest BCUT2D eigenvalue weighted by Crippen LogP contribution is 2.21. The third-order valence-electron chi connectivity index (χ3n) is 4.70. The minimum Gasteiger partial charge on any atom is -0.357 e. The Morgan fingerprint density at radius 2 is 1.76 bits per heavy atom. The second-order valence-electron chi connectivity index (χ2n) is 6.81. The molecule has 1 amide bonds. The van der Waals surface area contributed by atoms with Gasteiger partial charge in [0, 0.05) is 31.7 Å². The van der Waals surface area contributed by atoms with Gasteiger partial charge in [0.15, 0.2) is 5.96 Å². The van der Waals surface area contributed by atoms with Crippen LogP contribution >= 0.6 is 24.0 Å². The lowest BCUT2D eigenvalue weighted by atomic mass is 10.1. The number of amides is 1. The molecule has 156 valence electrons. The molecule has 0 atom stereocenters. The average molecular weight is 510 g/mol. The summed E-state index contributed by atoms with van der Waals surface area (Å²) >= 11 is 0. The molecule has 0 aromatic heterocycles. The van der Waals surface area contributed by atoms with Crippen molar-refractivity contribution in [3.8, 4) is 0 Å². The number of halogens is 2. The normalized spacial score (nSPS) is 13.9. The lowest BCUT2D eigenvalue weighted by Crippen LogP contribution is -2.38. The lowest BCUT2D eigenvalue weighted by molar-refractivity contribution is -0.117. The Balaban J connectivity index is 0.00000300. The molecule has 1 aliphatic heterocycles. The molecule has 2 aromatic carbocycles. The Kier molecular flexibility index (Phi) is 9.37. The van der Waals surface area contributed by atoms with E-state index in [1.807, 2.05) is 36.1 Å². The molecule has 0 radical (unpaired) electrons. The Morgan fingerprint density at radius 3 is 2.38 bits per heavy atom. The molecule has 3 rings (SSSR count). The maximum absolute atomic E-state index is 13.0. The van der Waals surface area contributed by atoms with Crippen molar-refractivity contribution >= 4 is 41.5 Å². The van der Waals surface area contributed by atoms with Gasteiger partial charge in [0.05, 0.1) is 6.54 Å². The summed E-state index contributed by atoms with van der Waals surface area (Å²) in [5.74, 6) is 0.737. The maximum Gasteiger partial charge on any atom is 0.227 e. The van der Waals surface area contributed by atoms with Gasteiger partial charge in [0.25, 0.3) is 0 Å². The highest BCUT2D eigenvalue weighted by atomic mass is 127. The maximum atomic E-state index is 13.0. The summed E-state index contributed by atoms with van der Waals surface area (Å²) in [6, 6.07) is 14.6. The minimum atomic E-state index is -0.216. The van der Waals surface area contributed by atoms with Gasteiger partial charge in [-0.1, -0.05) is 24.3 Å². The number of hydrogen-bond donors (Lipinski definition) is 2. The van der Waals surface area contributed by atoms with Crippen molar-refractivity contribution in [3.63, 3.8) is 0 Å². The van der Waals surface area contributed by atoms with Crippen LogP contribution in [-0.4, -0.2) is 31.5 Å². The fraction of sp³-hybridized carbons (Fsp3) is 0.364. The number of benzene rings is 2. The Morgan fingerprint density at radius 1 is 1.07 bits per heavy atom. The molecule has 0 saturated carbocycles. The SMILES string of the molecule is CCNC(=NCc1ccc(N2CCCC2=O)cc1)NCCc1ccc(F)cc1.I. The molecule has 5 nitrogen and oxygen atoms in total. The Labute approximate surface area is 188 Å². The number of aliphatic imine (C=N–C) groups is 1. The summed E-state index contributed by atoms with van der Waals surface area (Å²) in [4.78, 5) is 18.3. The molecule has 1 aliphatic rings. The van der Waals surface area contributed by atoms with E-state index in [1.165, 1.54) is 12.1 Å². The van der Waals surface area contributed by atoms with Gasteiger partial charge in [-0.2, -0.15) is 0 Å². The van der Waals surface area contributed by atoms with E-state index in [2.05, 4.69) is 15.6 Å². The molecular formula is C22H28FIN4O. The van der Waals surface area contributed by atoms with Crippen LogP contribution in [-0.2, 0) is 17.8 Å². The fourth-order valence-corrected chi connectivity index (χ4v) is 3.19. The second-order valence-corrected chi connectivity index (χ2v) is 6.81. The standard InChI is InChI=1S/C22H27FN4O.HI/c1-2-24-22(25-14-13-17-5-9-19(23)10-6-17)26-16-18-7-11-20(12-8-18)27-15-3-4-21(27)28;/h5-12H,2-4,13-16H2,1H3,(H2,24,25,26);1H. The van der Waals surface area contributed by atoms with Gasteiger partial charge < -0.3 is 15.5 Å². The molecule has 0 unspecified atom stereocenters. The van der Waals surface area contributed by atoms with Gasteiger partial charge in [-0.05, 0) is 55.2 Å². The van der Waals surface area contributed by atoms with Crippen LogP contribution in [0.5, 0.6) is 0 Å². The summed E-state index contributed by atoms with van der Waals surface area (Å²) in [5.41, 5.74) is 3.13. The van der Waals surface area contributed by atoms with Crippen LogP contribution in [0.1, 0.15) is 30.9 Å². The predicted molar refractivity (Wildman–Crippen MR) is 126 cm³/mol. The van der Waals surface area contributed by atoms with E-state index in [1.54, 1.807) is 12.1 Å². The molecule has 2 aromatic rings. The predicted octanol–water partition coefficient (Wildman–Crippen LogP) is 3.87. The number of hydrogen-bond acceptors (Lipinski definition) is 2. The van der Waals surface area contributed by atoms with E-state index in [-0.39, 0.29) is 35.7 Å². The second kappa shape index (κ2) is 11.7. The van der Waals surface area contributed by atoms with Crippen molar-refractivity contribution in [2.75, 3.05) is 24.5 Å². The van der Waals surface area contributed by atoms with Crippen LogP contribution in [0.25, 0.3) is 0 Å². The van der Waals surface area contributed by atoms with Gasteiger partial charge in [-0.3, -0.25) is 4.79 Å². The van der Waals surface area contributed by atoms with E-state index in [0.717, 1.165) is 48.7 Å². The Hall–Kier alpha value is -2.16. The molecule has 0 bridgehead atoms. The first-order valence-electron chi connectivity index (χ1n) is 9.81. The van der Waals surface area contributed by atoms with Gasteiger partial charge >= 0.3 is 0 Å². The zero-order valence-electron chi connectivity index (χ0n) is 16.7. The molecule has 1 fully saturated rings. The number of guanidine groups is 1. The molecule has 7 heteroatoms. The van der Waals surface area contributed by atoms with E-state index in [0.29, 0.717) is 19.5 Å². The zero-order valence-corrected chi connectivity index (χ0v) is 19.0. The molecule has 1 saturated heterocycles. The summed E-state index contributed by atoms with van der Waals surface area (Å²) in [6.07, 6.45) is 2.37. The third-order valence-corrected chi connectivity index (χ3v) is 4.70. The molecule has 2 N–H and O–H groups in total. The van der Waals surface area contributed by atoms with Crippen LogP contribution in [0.2, 0.25) is 0 Å². The first kappa shape index (κ1) is 23.1. The summed E-state index contributed by atoms with van der Waals surface area (Å²) in [7, 11) is 0. The van der Waals surface area contributed by atoms with Crippen LogP contribution < -0.4 is 15.5 Å². The van der Waals surface area contributed by atoms with Gasteiger partial charge in [0.2, 0.25) is 5.91 Å². The highest BCUT2D eigenvalue weighted by Gasteiger charge is 2.21. The number of rotatable bonds is 7. The van der Waals surface area contributed by atoms with Gasteiger partial charge in [-0.15, -0.1) is 24.0 Å². The minimum absolute atomic E-state index is 0. The van der Waals surface area contributed by atoms with Crippen LogP contribution in [0.3, 0.4) is 0 Å². The largest absolute Gasteiger partial charge is 0.357 e. The van der Waals surface area contributed by atoms with Crippen LogP contribution in [0.4, 0.5) is 10.1 Å². The molecule has 0 aliphatic carbocycles. The average Bonchev–Trinajstić information content (AvgIpc) is 3.14. The number of nitrogens with one attached hydrogen (secondary N) is 2. The topological polar surface area (TPSA) is 56.7 Å². The van der Waals surface area contributed by atoms with E-state index < -0.39 is 0 Å². The smallest absolute Gasteiger partial charge is 0.227 e. The highest BCUT2D eigenvalue weighted by molar-refractivity contribution is 14.0. The lowest BCUT2D eigenvalue weighted by Gasteiger charge is -2.16. The van der Waals surface area contributed by atoms with Crippen LogP contribution in [0, 0.1) is 5.82 Å². The fourth-order valence-electron chi connectivity index (χ4n) is 3.19. The molecule has 1 heterocycles. The summed E-state index contributed by atoms with van der Waals surface area (Å²) < 4.78 is 13.0. The molecule has 0 spiro atoms. The quantitative estimate of drug-likeness (QED) is 0.338. The molecular weight excluding hydrogens is 482 g/mol. The third kappa shape index (κ3) is 6.99. The number of carbonyl (C=O) groups is 1.